The molecule has 4 heteroatoms. The maximum atomic E-state index is 12.8. The van der Waals surface area contributed by atoms with Gasteiger partial charge in [0.25, 0.3) is 0 Å². The van der Waals surface area contributed by atoms with Crippen molar-refractivity contribution in [3.63, 3.8) is 0 Å². The molecule has 1 rings (SSSR count). The minimum Gasteiger partial charge on any atom is -0.313 e. The lowest BCUT2D eigenvalue weighted by Gasteiger charge is -2.05. The van der Waals surface area contributed by atoms with Crippen LogP contribution in [0.15, 0.2) is 18.2 Å². The van der Waals surface area contributed by atoms with Gasteiger partial charge < -0.3 is 5.32 Å². The second-order valence-electron chi connectivity index (χ2n) is 3.65. The Balaban J connectivity index is 2.21. The number of unbranched alkanes of at least 4 members (excludes halogenated alkanes) is 1. The molecular formula is C12H17F2NS. The van der Waals surface area contributed by atoms with Crippen LogP contribution < -0.4 is 5.32 Å². The van der Waals surface area contributed by atoms with E-state index in [-0.39, 0.29) is 0 Å². The molecule has 0 fully saturated rings. The molecule has 0 radical (unpaired) electrons. The molecule has 0 unspecified atom stereocenters. The van der Waals surface area contributed by atoms with Crippen molar-refractivity contribution in [3.8, 4) is 0 Å². The lowest BCUT2D eigenvalue weighted by molar-refractivity contribution is 0.573. The van der Waals surface area contributed by atoms with Gasteiger partial charge in [-0.15, -0.1) is 0 Å². The number of rotatable bonds is 7. The van der Waals surface area contributed by atoms with E-state index in [1.54, 1.807) is 0 Å². The monoisotopic (exact) mass is 245 g/mol. The lowest BCUT2D eigenvalue weighted by Crippen LogP contribution is -2.15. The first-order valence-corrected chi connectivity index (χ1v) is 6.76. The highest BCUT2D eigenvalue weighted by Crippen LogP contribution is 2.07. The molecule has 1 N–H and O–H groups in total. The summed E-state index contributed by atoms with van der Waals surface area (Å²) in [6.07, 6.45) is 4.35. The van der Waals surface area contributed by atoms with E-state index in [9.17, 15) is 8.78 Å². The Bertz CT molecular complexity index is 298. The van der Waals surface area contributed by atoms with Gasteiger partial charge in [0.05, 0.1) is 0 Å². The zero-order valence-corrected chi connectivity index (χ0v) is 10.2. The molecule has 0 saturated carbocycles. The first-order valence-electron chi connectivity index (χ1n) is 5.37. The molecule has 0 atom stereocenters. The molecule has 0 aliphatic rings. The van der Waals surface area contributed by atoms with E-state index in [2.05, 4.69) is 11.6 Å². The van der Waals surface area contributed by atoms with Crippen LogP contribution >= 0.6 is 11.8 Å². The summed E-state index contributed by atoms with van der Waals surface area (Å²) < 4.78 is 25.7. The summed E-state index contributed by atoms with van der Waals surface area (Å²) >= 11 is 1.83. The first-order chi connectivity index (χ1) is 7.72. The molecular weight excluding hydrogens is 228 g/mol. The smallest absolute Gasteiger partial charge is 0.126 e. The zero-order valence-electron chi connectivity index (χ0n) is 9.43. The van der Waals surface area contributed by atoms with Crippen molar-refractivity contribution in [1.82, 2.24) is 5.32 Å². The molecule has 1 aromatic rings. The number of nitrogens with one attached hydrogen (secondary N) is 1. The minimum atomic E-state index is -0.515. The summed E-state index contributed by atoms with van der Waals surface area (Å²) in [7, 11) is 0. The van der Waals surface area contributed by atoms with Crippen molar-refractivity contribution >= 4 is 11.8 Å². The third-order valence-electron chi connectivity index (χ3n) is 2.20. The highest BCUT2D eigenvalue weighted by molar-refractivity contribution is 7.98. The number of hydrogen-bond donors (Lipinski definition) is 1. The summed E-state index contributed by atoms with van der Waals surface area (Å²) in [4.78, 5) is 0. The molecule has 0 amide bonds. The van der Waals surface area contributed by atoms with Crippen molar-refractivity contribution < 1.29 is 8.78 Å². The first kappa shape index (κ1) is 13.5. The van der Waals surface area contributed by atoms with Crippen LogP contribution in [0.4, 0.5) is 8.78 Å². The maximum Gasteiger partial charge on any atom is 0.126 e. The van der Waals surface area contributed by atoms with Gasteiger partial charge in [0, 0.05) is 12.6 Å². The van der Waals surface area contributed by atoms with Gasteiger partial charge in [-0.2, -0.15) is 11.8 Å². The number of halogens is 2. The van der Waals surface area contributed by atoms with E-state index < -0.39 is 11.6 Å². The summed E-state index contributed by atoms with van der Waals surface area (Å²) in [5.74, 6) is 0.134. The van der Waals surface area contributed by atoms with Crippen LogP contribution in [0.2, 0.25) is 0 Å². The molecule has 0 saturated heterocycles. The van der Waals surface area contributed by atoms with Crippen LogP contribution in [0.1, 0.15) is 18.4 Å². The molecule has 0 aromatic heterocycles. The quantitative estimate of drug-likeness (QED) is 0.740. The van der Waals surface area contributed by atoms with Gasteiger partial charge in [-0.1, -0.05) is 0 Å². The van der Waals surface area contributed by atoms with E-state index >= 15 is 0 Å². The molecule has 0 spiro atoms. The molecule has 0 aliphatic heterocycles. The minimum absolute atomic E-state index is 0.515. The predicted octanol–water partition coefficient (Wildman–Crippen LogP) is 3.20. The highest BCUT2D eigenvalue weighted by Gasteiger charge is 1.99. The highest BCUT2D eigenvalue weighted by atomic mass is 32.2. The van der Waals surface area contributed by atoms with E-state index in [0.717, 1.165) is 24.8 Å². The van der Waals surface area contributed by atoms with Crippen molar-refractivity contribution in [1.29, 1.82) is 0 Å². The van der Waals surface area contributed by atoms with Crippen LogP contribution in [0, 0.1) is 11.6 Å². The molecule has 0 aliphatic carbocycles. The van der Waals surface area contributed by atoms with Gasteiger partial charge in [0.2, 0.25) is 0 Å². The molecule has 1 nitrogen and oxygen atoms in total. The van der Waals surface area contributed by atoms with E-state index in [1.165, 1.54) is 18.6 Å². The molecule has 0 heterocycles. The average molecular weight is 245 g/mol. The van der Waals surface area contributed by atoms with Crippen LogP contribution in [0.25, 0.3) is 0 Å². The fourth-order valence-corrected chi connectivity index (χ4v) is 1.93. The second kappa shape index (κ2) is 7.63. The van der Waals surface area contributed by atoms with Crippen molar-refractivity contribution in [2.75, 3.05) is 18.6 Å². The van der Waals surface area contributed by atoms with E-state index in [4.69, 9.17) is 0 Å². The zero-order chi connectivity index (χ0) is 11.8. The van der Waals surface area contributed by atoms with Gasteiger partial charge in [-0.25, -0.2) is 8.78 Å². The third-order valence-corrected chi connectivity index (χ3v) is 2.90. The summed E-state index contributed by atoms with van der Waals surface area (Å²) in [5, 5.41) is 3.17. The lowest BCUT2D eigenvalue weighted by atomic mass is 10.2. The molecule has 0 bridgehead atoms. The van der Waals surface area contributed by atoms with Gasteiger partial charge in [0.15, 0.2) is 0 Å². The van der Waals surface area contributed by atoms with Gasteiger partial charge in [-0.3, -0.25) is 0 Å². The van der Waals surface area contributed by atoms with Crippen molar-refractivity contribution in [2.45, 2.75) is 19.4 Å². The molecule has 1 aromatic carbocycles. The van der Waals surface area contributed by atoms with E-state index in [1.807, 2.05) is 11.8 Å². The third kappa shape index (κ3) is 5.47. The summed E-state index contributed by atoms with van der Waals surface area (Å²) in [5.41, 5.74) is 0.655. The van der Waals surface area contributed by atoms with Gasteiger partial charge in [-0.05, 0) is 49.1 Å². The largest absolute Gasteiger partial charge is 0.313 e. The van der Waals surface area contributed by atoms with Gasteiger partial charge >= 0.3 is 0 Å². The number of thioether (sulfide) groups is 1. The van der Waals surface area contributed by atoms with Crippen LogP contribution in [-0.4, -0.2) is 18.6 Å². The molecule has 16 heavy (non-hydrogen) atoms. The van der Waals surface area contributed by atoms with E-state index in [0.29, 0.717) is 12.1 Å². The van der Waals surface area contributed by atoms with Gasteiger partial charge in [0.1, 0.15) is 11.6 Å². The fraction of sp³-hybridized carbons (Fsp3) is 0.500. The fourth-order valence-electron chi connectivity index (χ4n) is 1.44. The molecule has 90 valence electrons. The Morgan fingerprint density at radius 2 is 1.81 bits per heavy atom. The Kier molecular flexibility index (Phi) is 6.42. The average Bonchev–Trinajstić information content (AvgIpc) is 2.22. The second-order valence-corrected chi connectivity index (χ2v) is 4.64. The maximum absolute atomic E-state index is 12.8. The van der Waals surface area contributed by atoms with Crippen molar-refractivity contribution in [3.05, 3.63) is 35.4 Å². The topological polar surface area (TPSA) is 12.0 Å². The number of benzene rings is 1. The SMILES string of the molecule is CSCCCCNCc1cc(F)cc(F)c1. The standard InChI is InChI=1S/C12H17F2NS/c1-16-5-3-2-4-15-9-10-6-11(13)8-12(14)7-10/h6-8,15H,2-5,9H2,1H3. The van der Waals surface area contributed by atoms with Crippen LogP contribution in [0.3, 0.4) is 0 Å². The van der Waals surface area contributed by atoms with Crippen LogP contribution in [-0.2, 0) is 6.54 Å². The Morgan fingerprint density at radius 1 is 1.12 bits per heavy atom. The summed E-state index contributed by atoms with van der Waals surface area (Å²) in [6.45, 7) is 1.41. The number of hydrogen-bond acceptors (Lipinski definition) is 2. The van der Waals surface area contributed by atoms with Crippen LogP contribution in [0.5, 0.6) is 0 Å². The summed E-state index contributed by atoms with van der Waals surface area (Å²) in [6, 6.07) is 3.61. The Hall–Kier alpha value is -0.610. The predicted molar refractivity (Wildman–Crippen MR) is 65.7 cm³/mol. The van der Waals surface area contributed by atoms with Crippen molar-refractivity contribution in [2.24, 2.45) is 0 Å². The Morgan fingerprint density at radius 3 is 2.44 bits per heavy atom. The Labute approximate surface area is 99.6 Å². The normalized spacial score (nSPS) is 10.7.